The van der Waals surface area contributed by atoms with Crippen LogP contribution >= 0.6 is 34.9 Å². The molecule has 0 saturated carbocycles. The Morgan fingerprint density at radius 3 is 2.58 bits per heavy atom. The molecule has 3 rings (SSSR count). The number of Topliss-reactive ketones (excluding diaryl/α,β-unsaturated/α-hetero) is 1. The Labute approximate surface area is 163 Å². The highest BCUT2D eigenvalue weighted by Gasteiger charge is 2.20. The standard InChI is InChI=1S/C16H17N3O4S3/c1-3-4-24-15-18-19-16(26-15)25-7-14(21)17-11-6-13-12(22-8-23-13)5-10(11)9(2)20/h5-6H,3-4,7-8H2,1-2H3,(H,17,21). The molecule has 0 saturated heterocycles. The molecule has 138 valence electrons. The van der Waals surface area contributed by atoms with Gasteiger partial charge in [-0.1, -0.05) is 41.8 Å². The van der Waals surface area contributed by atoms with Gasteiger partial charge in [0.15, 0.2) is 26.0 Å². The Kier molecular flexibility index (Phi) is 6.38. The minimum absolute atomic E-state index is 0.107. The SMILES string of the molecule is CCCSc1nnc(SCC(=O)Nc2cc3c(cc2C(C)=O)OCO3)s1. The molecule has 26 heavy (non-hydrogen) atoms. The quantitative estimate of drug-likeness (QED) is 0.519. The van der Waals surface area contributed by atoms with Crippen LogP contribution in [-0.4, -0.2) is 40.2 Å². The van der Waals surface area contributed by atoms with E-state index in [1.54, 1.807) is 23.9 Å². The van der Waals surface area contributed by atoms with E-state index in [2.05, 4.69) is 22.4 Å². The van der Waals surface area contributed by atoms with Crippen LogP contribution in [0.25, 0.3) is 0 Å². The number of carbonyl (C=O) groups is 2. The molecule has 1 aromatic carbocycles. The lowest BCUT2D eigenvalue weighted by molar-refractivity contribution is -0.113. The van der Waals surface area contributed by atoms with Crippen molar-refractivity contribution in [2.75, 3.05) is 23.6 Å². The monoisotopic (exact) mass is 411 g/mol. The first-order chi connectivity index (χ1) is 12.6. The lowest BCUT2D eigenvalue weighted by Gasteiger charge is -2.10. The van der Waals surface area contributed by atoms with Crippen molar-refractivity contribution >= 4 is 52.2 Å². The number of thioether (sulfide) groups is 2. The third-order valence-corrected chi connectivity index (χ3v) is 6.71. The zero-order chi connectivity index (χ0) is 18.5. The molecule has 1 N–H and O–H groups in total. The third-order valence-electron chi connectivity index (χ3n) is 3.31. The smallest absolute Gasteiger partial charge is 0.234 e. The summed E-state index contributed by atoms with van der Waals surface area (Å²) in [6, 6.07) is 3.21. The average Bonchev–Trinajstić information content (AvgIpc) is 3.26. The zero-order valence-electron chi connectivity index (χ0n) is 14.2. The Balaban J connectivity index is 1.61. The predicted octanol–water partition coefficient (Wildman–Crippen LogP) is 3.70. The maximum absolute atomic E-state index is 12.3. The highest BCUT2D eigenvalue weighted by Crippen LogP contribution is 2.37. The maximum Gasteiger partial charge on any atom is 0.234 e. The molecule has 10 heteroatoms. The minimum atomic E-state index is -0.227. The van der Waals surface area contributed by atoms with Crippen molar-refractivity contribution in [2.45, 2.75) is 28.9 Å². The van der Waals surface area contributed by atoms with Crippen molar-refractivity contribution < 1.29 is 19.1 Å². The summed E-state index contributed by atoms with van der Waals surface area (Å²) in [6.45, 7) is 3.66. The molecule has 0 spiro atoms. The molecule has 7 nitrogen and oxygen atoms in total. The number of nitrogens with one attached hydrogen (secondary N) is 1. The molecule has 0 atom stereocenters. The highest BCUT2D eigenvalue weighted by atomic mass is 32.2. The van der Waals surface area contributed by atoms with E-state index >= 15 is 0 Å². The topological polar surface area (TPSA) is 90.4 Å². The Hall–Kier alpha value is -1.78. The van der Waals surface area contributed by atoms with Crippen LogP contribution in [0.3, 0.4) is 0 Å². The lowest BCUT2D eigenvalue weighted by atomic mass is 10.1. The molecule has 2 aromatic rings. The summed E-state index contributed by atoms with van der Waals surface area (Å²) in [5, 5.41) is 10.9. The molecular weight excluding hydrogens is 394 g/mol. The van der Waals surface area contributed by atoms with Crippen LogP contribution in [0, 0.1) is 0 Å². The second-order valence-corrected chi connectivity index (χ2v) is 8.87. The van der Waals surface area contributed by atoms with Crippen LogP contribution in [0.1, 0.15) is 30.6 Å². The number of anilines is 1. The molecule has 1 aromatic heterocycles. The van der Waals surface area contributed by atoms with Gasteiger partial charge in [-0.2, -0.15) is 0 Å². The maximum atomic E-state index is 12.3. The fraction of sp³-hybridized carbons (Fsp3) is 0.375. The second-order valence-electron chi connectivity index (χ2n) is 5.33. The summed E-state index contributed by atoms with van der Waals surface area (Å²) in [7, 11) is 0. The van der Waals surface area contributed by atoms with Crippen LogP contribution in [0.5, 0.6) is 11.5 Å². The average molecular weight is 412 g/mol. The van der Waals surface area contributed by atoms with Crippen molar-refractivity contribution in [3.05, 3.63) is 17.7 Å². The van der Waals surface area contributed by atoms with Crippen molar-refractivity contribution in [1.82, 2.24) is 10.2 Å². The number of aromatic nitrogens is 2. The van der Waals surface area contributed by atoms with Crippen molar-refractivity contribution in [3.8, 4) is 11.5 Å². The number of rotatable bonds is 8. The number of benzene rings is 1. The zero-order valence-corrected chi connectivity index (χ0v) is 16.7. The minimum Gasteiger partial charge on any atom is -0.454 e. The molecular formula is C16H17N3O4S3. The number of ketones is 1. The van der Waals surface area contributed by atoms with Crippen molar-refractivity contribution in [2.24, 2.45) is 0 Å². The van der Waals surface area contributed by atoms with E-state index in [9.17, 15) is 9.59 Å². The number of ether oxygens (including phenoxy) is 2. The molecule has 0 radical (unpaired) electrons. The van der Waals surface area contributed by atoms with Crippen molar-refractivity contribution in [1.29, 1.82) is 0 Å². The van der Waals surface area contributed by atoms with Crippen molar-refractivity contribution in [3.63, 3.8) is 0 Å². The van der Waals surface area contributed by atoms with E-state index in [0.29, 0.717) is 22.7 Å². The number of amides is 1. The van der Waals surface area contributed by atoms with E-state index in [4.69, 9.17) is 9.47 Å². The van der Waals surface area contributed by atoms with E-state index in [1.807, 2.05) is 0 Å². The van der Waals surface area contributed by atoms with Gasteiger partial charge in [0.25, 0.3) is 0 Å². The van der Waals surface area contributed by atoms with Gasteiger partial charge in [-0.15, -0.1) is 10.2 Å². The molecule has 0 unspecified atom stereocenters. The van der Waals surface area contributed by atoms with Gasteiger partial charge in [-0.25, -0.2) is 0 Å². The normalized spacial score (nSPS) is 12.2. The fourth-order valence-electron chi connectivity index (χ4n) is 2.15. The summed E-state index contributed by atoms with van der Waals surface area (Å²) in [5.74, 6) is 1.81. The number of hydrogen-bond donors (Lipinski definition) is 1. The van der Waals surface area contributed by atoms with Crippen LogP contribution in [0.2, 0.25) is 0 Å². The predicted molar refractivity (Wildman–Crippen MR) is 103 cm³/mol. The molecule has 0 aliphatic carbocycles. The summed E-state index contributed by atoms with van der Waals surface area (Å²) in [5.41, 5.74) is 0.811. The number of carbonyl (C=O) groups excluding carboxylic acids is 2. The van der Waals surface area contributed by atoms with Crippen LogP contribution in [-0.2, 0) is 4.79 Å². The van der Waals surface area contributed by atoms with Crippen LogP contribution in [0.15, 0.2) is 20.8 Å². The van der Waals surface area contributed by atoms with Gasteiger partial charge in [0.1, 0.15) is 0 Å². The molecule has 1 aliphatic heterocycles. The Bertz CT molecular complexity index is 825. The van der Waals surface area contributed by atoms with Crippen LogP contribution in [0.4, 0.5) is 5.69 Å². The van der Waals surface area contributed by atoms with Gasteiger partial charge in [0.2, 0.25) is 12.7 Å². The molecule has 2 heterocycles. The number of nitrogens with zero attached hydrogens (tertiary/aromatic N) is 2. The van der Waals surface area contributed by atoms with Gasteiger partial charge in [-0.3, -0.25) is 9.59 Å². The van der Waals surface area contributed by atoms with Crippen LogP contribution < -0.4 is 14.8 Å². The molecule has 0 bridgehead atoms. The van der Waals surface area contributed by atoms with Gasteiger partial charge in [-0.05, 0) is 19.4 Å². The van der Waals surface area contributed by atoms with E-state index in [-0.39, 0.29) is 24.2 Å². The Morgan fingerprint density at radius 1 is 1.19 bits per heavy atom. The summed E-state index contributed by atoms with van der Waals surface area (Å²) < 4.78 is 12.2. The van der Waals surface area contributed by atoms with E-state index in [0.717, 1.165) is 20.9 Å². The van der Waals surface area contributed by atoms with Gasteiger partial charge >= 0.3 is 0 Å². The van der Waals surface area contributed by atoms with E-state index < -0.39 is 0 Å². The molecule has 0 fully saturated rings. The fourth-order valence-corrected chi connectivity index (χ4v) is 4.90. The highest BCUT2D eigenvalue weighted by molar-refractivity contribution is 8.03. The second kappa shape index (κ2) is 8.74. The van der Waals surface area contributed by atoms with E-state index in [1.165, 1.54) is 30.0 Å². The van der Waals surface area contributed by atoms with Gasteiger partial charge < -0.3 is 14.8 Å². The summed E-state index contributed by atoms with van der Waals surface area (Å²) in [4.78, 5) is 24.1. The number of fused-ring (bicyclic) bond motifs is 1. The largest absolute Gasteiger partial charge is 0.454 e. The first kappa shape index (κ1) is 19.0. The first-order valence-corrected chi connectivity index (χ1v) is 10.7. The summed E-state index contributed by atoms with van der Waals surface area (Å²) >= 11 is 4.46. The molecule has 1 aliphatic rings. The first-order valence-electron chi connectivity index (χ1n) is 7.90. The van der Waals surface area contributed by atoms with Gasteiger partial charge in [0.05, 0.1) is 11.4 Å². The number of hydrogen-bond acceptors (Lipinski definition) is 9. The lowest BCUT2D eigenvalue weighted by Crippen LogP contribution is -2.16. The Morgan fingerprint density at radius 2 is 1.88 bits per heavy atom. The third kappa shape index (κ3) is 4.68. The molecule has 1 amide bonds. The van der Waals surface area contributed by atoms with Gasteiger partial charge in [0, 0.05) is 17.4 Å². The summed E-state index contributed by atoms with van der Waals surface area (Å²) in [6.07, 6.45) is 1.07.